The summed E-state index contributed by atoms with van der Waals surface area (Å²) in [6.45, 7) is 2.03. The highest BCUT2D eigenvalue weighted by molar-refractivity contribution is 6.24. The van der Waals surface area contributed by atoms with E-state index in [1.54, 1.807) is 20.2 Å². The summed E-state index contributed by atoms with van der Waals surface area (Å²) in [7, 11) is 6.82. The van der Waals surface area contributed by atoms with Crippen molar-refractivity contribution in [1.82, 2.24) is 4.90 Å². The van der Waals surface area contributed by atoms with Crippen LogP contribution in [0.25, 0.3) is 11.8 Å². The van der Waals surface area contributed by atoms with Gasteiger partial charge in [-0.1, -0.05) is 25.5 Å². The average molecular weight is 526 g/mol. The number of benzene rings is 1. The van der Waals surface area contributed by atoms with Crippen molar-refractivity contribution < 1.29 is 34.8 Å². The van der Waals surface area contributed by atoms with E-state index in [-0.39, 0.29) is 29.7 Å². The molecule has 1 fully saturated rings. The number of ketones is 2. The van der Waals surface area contributed by atoms with Gasteiger partial charge in [-0.3, -0.25) is 19.3 Å². The molecule has 1 amide bonds. The molecule has 1 aromatic carbocycles. The average Bonchev–Trinajstić information content (AvgIpc) is 2.82. The summed E-state index contributed by atoms with van der Waals surface area (Å²) in [4.78, 5) is 42.6. The lowest BCUT2D eigenvalue weighted by atomic mass is 9.57. The Kier molecular flexibility index (Phi) is 6.92. The standard InChI is InChI=1S/C28H35N3O7/c1-6-7-8-9-13-12-17(30(2)3)15-10-14-11-16-21(31(4)5)24(34)20(27(29)37)26(36)28(16,38)25(35)18(14)23(33)19(15)22(13)32/h8-9,12,14,16,21,32-33,36,38H,6-7,10-11H2,1-5H3,(H2,29,37)/b9-8+. The molecule has 0 bridgehead atoms. The van der Waals surface area contributed by atoms with Crippen LogP contribution in [-0.4, -0.2) is 82.6 Å². The van der Waals surface area contributed by atoms with Gasteiger partial charge in [-0.25, -0.2) is 0 Å². The number of allylic oxidation sites excluding steroid dienone is 1. The summed E-state index contributed by atoms with van der Waals surface area (Å²) in [6, 6.07) is 0.709. The number of rotatable bonds is 6. The molecule has 0 aliphatic heterocycles. The Bertz CT molecular complexity index is 1320. The van der Waals surface area contributed by atoms with E-state index in [1.165, 1.54) is 4.90 Å². The molecule has 0 spiro atoms. The number of primary amides is 1. The van der Waals surface area contributed by atoms with Crippen molar-refractivity contribution in [2.75, 3.05) is 33.1 Å². The van der Waals surface area contributed by atoms with Crippen LogP contribution in [0.3, 0.4) is 0 Å². The van der Waals surface area contributed by atoms with Gasteiger partial charge >= 0.3 is 0 Å². The summed E-state index contributed by atoms with van der Waals surface area (Å²) in [5.41, 5.74) is 3.65. The van der Waals surface area contributed by atoms with Crippen molar-refractivity contribution >= 4 is 35.0 Å². The first-order valence-corrected chi connectivity index (χ1v) is 12.7. The first-order chi connectivity index (χ1) is 17.8. The number of carbonyl (C=O) groups is 3. The van der Waals surface area contributed by atoms with Crippen molar-refractivity contribution in [3.63, 3.8) is 0 Å². The van der Waals surface area contributed by atoms with Crippen LogP contribution in [0.15, 0.2) is 29.0 Å². The molecule has 0 saturated heterocycles. The van der Waals surface area contributed by atoms with Gasteiger partial charge in [0, 0.05) is 36.8 Å². The van der Waals surface area contributed by atoms with Gasteiger partial charge in [0.1, 0.15) is 22.8 Å². The third-order valence-electron chi connectivity index (χ3n) is 7.96. The number of aliphatic hydroxyl groups is 3. The second-order valence-electron chi connectivity index (χ2n) is 10.7. The number of amides is 1. The molecule has 4 atom stereocenters. The number of anilines is 1. The van der Waals surface area contributed by atoms with Crippen LogP contribution >= 0.6 is 0 Å². The highest BCUT2D eigenvalue weighted by Gasteiger charge is 2.64. The molecule has 204 valence electrons. The highest BCUT2D eigenvalue weighted by atomic mass is 16.3. The Morgan fingerprint density at radius 2 is 1.84 bits per heavy atom. The summed E-state index contributed by atoms with van der Waals surface area (Å²) >= 11 is 0. The molecule has 10 nitrogen and oxygen atoms in total. The number of aromatic hydroxyl groups is 1. The Morgan fingerprint density at radius 3 is 2.39 bits per heavy atom. The van der Waals surface area contributed by atoms with Crippen LogP contribution < -0.4 is 10.6 Å². The maximum atomic E-state index is 14.0. The zero-order chi connectivity index (χ0) is 28.3. The minimum atomic E-state index is -2.65. The lowest BCUT2D eigenvalue weighted by Gasteiger charge is -2.50. The number of phenolic OH excluding ortho intramolecular Hbond substituents is 1. The quantitative estimate of drug-likeness (QED) is 0.349. The molecule has 4 unspecified atom stereocenters. The number of nitrogens with two attached hydrogens (primary N) is 1. The second kappa shape index (κ2) is 9.59. The summed E-state index contributed by atoms with van der Waals surface area (Å²) in [5.74, 6) is -6.56. The molecule has 0 aromatic heterocycles. The SMILES string of the molecule is CCC/C=C/c1cc(N(C)C)c2c(c1O)C(O)=C1C(=O)C3(O)C(O)=C(C(N)=O)C(=O)C(N(C)C)C3CC1C2. The van der Waals surface area contributed by atoms with Gasteiger partial charge < -0.3 is 31.1 Å². The predicted molar refractivity (Wildman–Crippen MR) is 143 cm³/mol. The Hall–Kier alpha value is -3.63. The maximum Gasteiger partial charge on any atom is 0.255 e. The van der Waals surface area contributed by atoms with Crippen LogP contribution in [0.2, 0.25) is 0 Å². The molecular weight excluding hydrogens is 490 g/mol. The summed E-state index contributed by atoms with van der Waals surface area (Å²) in [5, 5.41) is 45.3. The van der Waals surface area contributed by atoms with Crippen LogP contribution in [0.5, 0.6) is 5.75 Å². The van der Waals surface area contributed by atoms with Gasteiger partial charge in [0.2, 0.25) is 5.78 Å². The van der Waals surface area contributed by atoms with E-state index in [1.807, 2.05) is 38.1 Å². The van der Waals surface area contributed by atoms with Crippen molar-refractivity contribution in [1.29, 1.82) is 0 Å². The van der Waals surface area contributed by atoms with Gasteiger partial charge in [0.05, 0.1) is 11.6 Å². The van der Waals surface area contributed by atoms with Crippen molar-refractivity contribution in [2.24, 2.45) is 17.6 Å². The number of carbonyl (C=O) groups excluding carboxylic acids is 3. The molecule has 3 aliphatic carbocycles. The van der Waals surface area contributed by atoms with Gasteiger partial charge in [-0.2, -0.15) is 0 Å². The van der Waals surface area contributed by atoms with Crippen molar-refractivity contribution in [3.05, 3.63) is 45.7 Å². The molecule has 1 saturated carbocycles. The van der Waals surface area contributed by atoms with E-state index in [4.69, 9.17) is 5.73 Å². The van der Waals surface area contributed by atoms with Gasteiger partial charge in [0.25, 0.3) is 5.91 Å². The Morgan fingerprint density at radius 1 is 1.18 bits per heavy atom. The summed E-state index contributed by atoms with van der Waals surface area (Å²) in [6.07, 6.45) is 5.66. The van der Waals surface area contributed by atoms with Gasteiger partial charge in [-0.15, -0.1) is 0 Å². The highest BCUT2D eigenvalue weighted by Crippen LogP contribution is 2.54. The number of nitrogens with zero attached hydrogens (tertiary/aromatic N) is 2. The van der Waals surface area contributed by atoms with Crippen LogP contribution in [0.1, 0.15) is 42.9 Å². The molecule has 6 N–H and O–H groups in total. The van der Waals surface area contributed by atoms with E-state index in [9.17, 15) is 34.8 Å². The Labute approximate surface area is 221 Å². The number of Topliss-reactive ketones (excluding diaryl/α,β-unsaturated/α-hetero) is 2. The molecule has 38 heavy (non-hydrogen) atoms. The third kappa shape index (κ3) is 3.82. The molecule has 3 aliphatic rings. The Balaban J connectivity index is 1.98. The van der Waals surface area contributed by atoms with Crippen molar-refractivity contribution in [2.45, 2.75) is 44.2 Å². The van der Waals surface area contributed by atoms with Crippen molar-refractivity contribution in [3.8, 4) is 5.75 Å². The third-order valence-corrected chi connectivity index (χ3v) is 7.96. The molecule has 1 aromatic rings. The fourth-order valence-corrected chi connectivity index (χ4v) is 6.22. The number of phenols is 1. The summed E-state index contributed by atoms with van der Waals surface area (Å²) < 4.78 is 0. The first-order valence-electron chi connectivity index (χ1n) is 12.7. The topological polar surface area (TPSA) is 165 Å². The minimum Gasteiger partial charge on any atom is -0.508 e. The second-order valence-corrected chi connectivity index (χ2v) is 10.7. The normalized spacial score (nSPS) is 27.1. The molecule has 0 radical (unpaired) electrons. The van der Waals surface area contributed by atoms with Crippen LogP contribution in [-0.2, 0) is 20.8 Å². The van der Waals surface area contributed by atoms with E-state index >= 15 is 0 Å². The number of fused-ring (bicyclic) bond motifs is 3. The van der Waals surface area contributed by atoms with E-state index in [0.29, 0.717) is 11.1 Å². The van der Waals surface area contributed by atoms with Crippen LogP contribution in [0, 0.1) is 11.8 Å². The smallest absolute Gasteiger partial charge is 0.255 e. The predicted octanol–water partition coefficient (Wildman–Crippen LogP) is 1.84. The molecular formula is C28H35N3O7. The number of unbranched alkanes of at least 4 members (excludes halogenated alkanes) is 1. The largest absolute Gasteiger partial charge is 0.508 e. The number of hydrogen-bond acceptors (Lipinski definition) is 9. The fourth-order valence-electron chi connectivity index (χ4n) is 6.22. The lowest BCUT2D eigenvalue weighted by Crippen LogP contribution is -2.65. The molecule has 0 heterocycles. The first kappa shape index (κ1) is 27.4. The molecule has 10 heteroatoms. The van der Waals surface area contributed by atoms with Gasteiger partial charge in [-0.05, 0) is 50.9 Å². The number of likely N-dealkylation sites (N-methyl/N-ethyl adjacent to an activating group) is 1. The van der Waals surface area contributed by atoms with E-state index in [2.05, 4.69) is 0 Å². The van der Waals surface area contributed by atoms with E-state index < -0.39 is 58.0 Å². The fraction of sp³-hybridized carbons (Fsp3) is 0.464. The monoisotopic (exact) mass is 525 g/mol. The molecule has 4 rings (SSSR count). The maximum absolute atomic E-state index is 14.0. The number of aliphatic hydroxyl groups excluding tert-OH is 2. The zero-order valence-corrected chi connectivity index (χ0v) is 22.3. The van der Waals surface area contributed by atoms with Crippen LogP contribution in [0.4, 0.5) is 5.69 Å². The van der Waals surface area contributed by atoms with E-state index in [0.717, 1.165) is 18.5 Å². The van der Waals surface area contributed by atoms with Gasteiger partial charge in [0.15, 0.2) is 11.4 Å². The lowest BCUT2D eigenvalue weighted by molar-refractivity contribution is -0.153. The zero-order valence-electron chi connectivity index (χ0n) is 22.3. The number of hydrogen-bond donors (Lipinski definition) is 5. The minimum absolute atomic E-state index is 0.0531.